The summed E-state index contributed by atoms with van der Waals surface area (Å²) in [6.45, 7) is 5.50. The van der Waals surface area contributed by atoms with E-state index in [-0.39, 0.29) is 11.6 Å². The van der Waals surface area contributed by atoms with Crippen LogP contribution in [0.15, 0.2) is 42.5 Å². The third-order valence-corrected chi connectivity index (χ3v) is 6.19. The van der Waals surface area contributed by atoms with Gasteiger partial charge in [0.15, 0.2) is 0 Å². The second-order valence-corrected chi connectivity index (χ2v) is 8.17. The number of quaternary nitrogens is 1. The Morgan fingerprint density at radius 2 is 2.00 bits per heavy atom. The lowest BCUT2D eigenvalue weighted by Gasteiger charge is -2.31. The van der Waals surface area contributed by atoms with Crippen LogP contribution in [-0.2, 0) is 6.54 Å². The monoisotopic (exact) mass is 397 g/mol. The molecule has 144 valence electrons. The number of fused-ring (bicyclic) bond motifs is 1. The summed E-state index contributed by atoms with van der Waals surface area (Å²) in [5, 5.41) is 12.2. The van der Waals surface area contributed by atoms with E-state index in [0.717, 1.165) is 30.2 Å². The fourth-order valence-corrected chi connectivity index (χ4v) is 4.57. The van der Waals surface area contributed by atoms with Gasteiger partial charge < -0.3 is 9.80 Å². The van der Waals surface area contributed by atoms with Crippen molar-refractivity contribution in [1.29, 1.82) is 0 Å². The molecule has 1 N–H and O–H groups in total. The number of nitro groups is 1. The van der Waals surface area contributed by atoms with Gasteiger partial charge in [0.1, 0.15) is 11.6 Å². The highest BCUT2D eigenvalue weighted by molar-refractivity contribution is 7.18. The van der Waals surface area contributed by atoms with Gasteiger partial charge in [0.05, 0.1) is 41.3 Å². The fourth-order valence-electron chi connectivity index (χ4n) is 3.53. The summed E-state index contributed by atoms with van der Waals surface area (Å²) in [7, 11) is 0. The van der Waals surface area contributed by atoms with Gasteiger partial charge >= 0.3 is 0 Å². The van der Waals surface area contributed by atoms with Crippen molar-refractivity contribution in [3.63, 3.8) is 0 Å². The minimum atomic E-state index is -0.438. The third-order valence-electron chi connectivity index (χ3n) is 5.15. The van der Waals surface area contributed by atoms with Gasteiger partial charge in [0.2, 0.25) is 0 Å². The van der Waals surface area contributed by atoms with Crippen LogP contribution in [0.3, 0.4) is 0 Å². The maximum absolute atomic E-state index is 12.8. The van der Waals surface area contributed by atoms with Gasteiger partial charge in [-0.05, 0) is 25.1 Å². The van der Waals surface area contributed by atoms with E-state index in [2.05, 4.69) is 6.07 Å². The van der Waals surface area contributed by atoms with Crippen LogP contribution < -0.4 is 4.90 Å². The summed E-state index contributed by atoms with van der Waals surface area (Å²) in [5.74, 6) is -0.137. The molecule has 0 unspecified atom stereocenters. The number of carbonyl (C=O) groups is 1. The molecule has 1 aromatic heterocycles. The first-order valence-corrected chi connectivity index (χ1v) is 10.1. The molecule has 1 aliphatic heterocycles. The largest absolute Gasteiger partial charge is 0.327 e. The summed E-state index contributed by atoms with van der Waals surface area (Å²) in [4.78, 5) is 31.3. The predicted molar refractivity (Wildman–Crippen MR) is 108 cm³/mol. The van der Waals surface area contributed by atoms with Crippen LogP contribution in [-0.4, -0.2) is 46.9 Å². The van der Waals surface area contributed by atoms with Crippen LogP contribution in [0, 0.1) is 17.0 Å². The molecule has 0 saturated carbocycles. The Balaban J connectivity index is 1.39. The number of nitrogens with one attached hydrogen (secondary N) is 1. The normalized spacial score (nSPS) is 15.1. The lowest BCUT2D eigenvalue weighted by molar-refractivity contribution is -0.917. The van der Waals surface area contributed by atoms with Crippen LogP contribution in [0.5, 0.6) is 0 Å². The first kappa shape index (κ1) is 18.5. The number of piperazine rings is 1. The number of rotatable bonds is 4. The number of thiazole rings is 1. The van der Waals surface area contributed by atoms with Crippen LogP contribution in [0.1, 0.15) is 20.9 Å². The van der Waals surface area contributed by atoms with Crippen molar-refractivity contribution in [2.75, 3.05) is 26.2 Å². The fraction of sp³-hybridized carbons (Fsp3) is 0.300. The van der Waals surface area contributed by atoms with E-state index in [9.17, 15) is 14.9 Å². The Morgan fingerprint density at radius 1 is 1.25 bits per heavy atom. The van der Waals surface area contributed by atoms with Gasteiger partial charge in [-0.25, -0.2) is 4.98 Å². The smallest absolute Gasteiger partial charge is 0.273 e. The number of aromatic nitrogens is 1. The second-order valence-electron chi connectivity index (χ2n) is 7.05. The third kappa shape index (κ3) is 3.74. The number of hydrogen-bond acceptors (Lipinski definition) is 5. The molecule has 1 saturated heterocycles. The zero-order chi connectivity index (χ0) is 19.7. The summed E-state index contributed by atoms with van der Waals surface area (Å²) in [6, 6.07) is 12.8. The minimum Gasteiger partial charge on any atom is -0.327 e. The molecule has 1 amide bonds. The average molecular weight is 397 g/mol. The highest BCUT2D eigenvalue weighted by atomic mass is 32.1. The molecule has 2 heterocycles. The Bertz CT molecular complexity index is 1010. The molecule has 1 aliphatic rings. The van der Waals surface area contributed by atoms with Gasteiger partial charge in [-0.2, -0.15) is 0 Å². The number of benzene rings is 2. The summed E-state index contributed by atoms with van der Waals surface area (Å²) in [5.41, 5.74) is 1.97. The molecule has 2 aromatic carbocycles. The summed E-state index contributed by atoms with van der Waals surface area (Å²) < 4.78 is 1.20. The Kier molecular flexibility index (Phi) is 5.06. The second kappa shape index (κ2) is 7.65. The van der Waals surface area contributed by atoms with Gasteiger partial charge in [0, 0.05) is 17.2 Å². The lowest BCUT2D eigenvalue weighted by Crippen LogP contribution is -3.13. The number of amides is 1. The topological polar surface area (TPSA) is 80.8 Å². The molecule has 1 fully saturated rings. The predicted octanol–water partition coefficient (Wildman–Crippen LogP) is 2.05. The molecule has 0 atom stereocenters. The number of hydrogen-bond donors (Lipinski definition) is 1. The van der Waals surface area contributed by atoms with Crippen LogP contribution in [0.2, 0.25) is 0 Å². The number of carbonyl (C=O) groups excluding carboxylic acids is 1. The van der Waals surface area contributed by atoms with Crippen molar-refractivity contribution < 1.29 is 14.6 Å². The molecule has 28 heavy (non-hydrogen) atoms. The number of nitro benzene ring substituents is 1. The first-order chi connectivity index (χ1) is 13.5. The molecule has 0 spiro atoms. The first-order valence-electron chi connectivity index (χ1n) is 9.23. The zero-order valence-electron chi connectivity index (χ0n) is 15.6. The maximum Gasteiger partial charge on any atom is 0.273 e. The van der Waals surface area contributed by atoms with E-state index in [1.807, 2.05) is 18.2 Å². The van der Waals surface area contributed by atoms with Crippen molar-refractivity contribution >= 4 is 33.1 Å². The highest BCUT2D eigenvalue weighted by Gasteiger charge is 2.26. The number of nitrogens with zero attached hydrogens (tertiary/aromatic N) is 3. The molecule has 8 heteroatoms. The molecule has 4 rings (SSSR count). The van der Waals surface area contributed by atoms with E-state index in [0.29, 0.717) is 24.2 Å². The molecule has 3 aromatic rings. The Labute approximate surface area is 166 Å². The van der Waals surface area contributed by atoms with Crippen molar-refractivity contribution in [3.05, 3.63) is 68.7 Å². The molecular weight excluding hydrogens is 376 g/mol. The Morgan fingerprint density at radius 3 is 2.71 bits per heavy atom. The van der Waals surface area contributed by atoms with Gasteiger partial charge in [-0.3, -0.25) is 14.9 Å². The summed E-state index contributed by atoms with van der Waals surface area (Å²) >= 11 is 1.72. The summed E-state index contributed by atoms with van der Waals surface area (Å²) in [6.07, 6.45) is 0. The quantitative estimate of drug-likeness (QED) is 0.540. The average Bonchev–Trinajstić information content (AvgIpc) is 3.10. The highest BCUT2D eigenvalue weighted by Crippen LogP contribution is 2.21. The number of para-hydroxylation sites is 1. The van der Waals surface area contributed by atoms with Crippen molar-refractivity contribution in [2.45, 2.75) is 13.5 Å². The van der Waals surface area contributed by atoms with E-state index in [1.165, 1.54) is 15.7 Å². The van der Waals surface area contributed by atoms with Crippen LogP contribution in [0.25, 0.3) is 10.2 Å². The maximum atomic E-state index is 12.8. The standard InChI is InChI=1S/C20H20N4O3S/c1-14-6-7-15(12-17(14)24(26)27)20(25)23-10-8-22(9-11-23)13-19-21-16-4-2-3-5-18(16)28-19/h2-7,12H,8-11,13H2,1H3/p+1. The van der Waals surface area contributed by atoms with Crippen molar-refractivity contribution in [1.82, 2.24) is 9.88 Å². The van der Waals surface area contributed by atoms with E-state index in [4.69, 9.17) is 4.98 Å². The molecule has 0 aliphatic carbocycles. The van der Waals surface area contributed by atoms with Crippen molar-refractivity contribution in [2.24, 2.45) is 0 Å². The SMILES string of the molecule is Cc1ccc(C(=O)N2CC[NH+](Cc3nc4ccccc4s3)CC2)cc1[N+](=O)[O-]. The minimum absolute atomic E-state index is 0.00838. The van der Waals surface area contributed by atoms with Crippen LogP contribution in [0.4, 0.5) is 5.69 Å². The molecular formula is C20H21N4O3S+. The van der Waals surface area contributed by atoms with Crippen LogP contribution >= 0.6 is 11.3 Å². The van der Waals surface area contributed by atoms with E-state index >= 15 is 0 Å². The van der Waals surface area contributed by atoms with Gasteiger partial charge in [-0.15, -0.1) is 11.3 Å². The van der Waals surface area contributed by atoms with E-state index < -0.39 is 4.92 Å². The van der Waals surface area contributed by atoms with Gasteiger partial charge in [0.25, 0.3) is 11.6 Å². The zero-order valence-corrected chi connectivity index (χ0v) is 16.4. The van der Waals surface area contributed by atoms with Crippen molar-refractivity contribution in [3.8, 4) is 0 Å². The Hall–Kier alpha value is -2.84. The molecule has 7 nitrogen and oxygen atoms in total. The number of aryl methyl sites for hydroxylation is 1. The van der Waals surface area contributed by atoms with Gasteiger partial charge in [-0.1, -0.05) is 18.2 Å². The molecule has 0 radical (unpaired) electrons. The van der Waals surface area contributed by atoms with E-state index in [1.54, 1.807) is 35.3 Å². The lowest BCUT2D eigenvalue weighted by atomic mass is 10.1. The molecule has 0 bridgehead atoms.